The zero-order valence-electron chi connectivity index (χ0n) is 11.5. The molecule has 0 spiro atoms. The molecule has 0 radical (unpaired) electrons. The molecule has 3 N–H and O–H groups in total. The van der Waals surface area contributed by atoms with Crippen molar-refractivity contribution in [1.82, 2.24) is 0 Å². The van der Waals surface area contributed by atoms with Gasteiger partial charge in [-0.3, -0.25) is 0 Å². The lowest BCUT2D eigenvalue weighted by Gasteiger charge is -2.25. The third-order valence-electron chi connectivity index (χ3n) is 3.27. The third-order valence-corrected chi connectivity index (χ3v) is 3.27. The monoisotopic (exact) mass is 252 g/mol. The predicted molar refractivity (Wildman–Crippen MR) is 72.3 cm³/mol. The number of aliphatic hydroxyl groups excluding tert-OH is 1. The summed E-state index contributed by atoms with van der Waals surface area (Å²) >= 11 is 0. The minimum Gasteiger partial charge on any atom is -0.508 e. The molecule has 1 atom stereocenters. The van der Waals surface area contributed by atoms with Crippen molar-refractivity contribution in [3.63, 3.8) is 0 Å². The van der Waals surface area contributed by atoms with Crippen molar-refractivity contribution in [2.24, 2.45) is 5.92 Å². The van der Waals surface area contributed by atoms with Crippen LogP contribution in [-0.4, -0.2) is 15.3 Å². The Hall–Kier alpha value is -1.06. The van der Waals surface area contributed by atoms with Crippen molar-refractivity contribution in [3.05, 3.63) is 29.3 Å². The highest BCUT2D eigenvalue weighted by atomic mass is 16.3. The summed E-state index contributed by atoms with van der Waals surface area (Å²) < 4.78 is 0. The normalized spacial score (nSPS) is 14.8. The Morgan fingerprint density at radius 2 is 1.94 bits per heavy atom. The van der Waals surface area contributed by atoms with E-state index in [0.717, 1.165) is 12.8 Å². The minimum absolute atomic E-state index is 0.0519. The number of hydrogen-bond acceptors (Lipinski definition) is 3. The summed E-state index contributed by atoms with van der Waals surface area (Å²) in [5.41, 5.74) is 0.158. The van der Waals surface area contributed by atoms with Gasteiger partial charge in [0.25, 0.3) is 0 Å². The first-order chi connectivity index (χ1) is 8.36. The number of aromatic hydroxyl groups is 1. The van der Waals surface area contributed by atoms with E-state index < -0.39 is 5.60 Å². The molecule has 1 unspecified atom stereocenters. The quantitative estimate of drug-likeness (QED) is 0.729. The largest absolute Gasteiger partial charge is 0.508 e. The van der Waals surface area contributed by atoms with E-state index in [9.17, 15) is 10.2 Å². The highest BCUT2D eigenvalue weighted by Gasteiger charge is 2.25. The summed E-state index contributed by atoms with van der Waals surface area (Å²) in [6, 6.07) is 4.93. The van der Waals surface area contributed by atoms with E-state index >= 15 is 0 Å². The molecule has 1 aromatic carbocycles. The lowest BCUT2D eigenvalue weighted by atomic mass is 9.88. The first-order valence-corrected chi connectivity index (χ1v) is 6.52. The molecule has 0 saturated heterocycles. The molecule has 1 rings (SSSR count). The second-order valence-corrected chi connectivity index (χ2v) is 5.57. The summed E-state index contributed by atoms with van der Waals surface area (Å²) in [7, 11) is 0. The van der Waals surface area contributed by atoms with Gasteiger partial charge in [0.1, 0.15) is 5.75 Å². The number of hydrogen-bond donors (Lipinski definition) is 3. The van der Waals surface area contributed by atoms with Crippen LogP contribution >= 0.6 is 0 Å². The van der Waals surface area contributed by atoms with Gasteiger partial charge in [-0.1, -0.05) is 32.4 Å². The van der Waals surface area contributed by atoms with Gasteiger partial charge in [-0.2, -0.15) is 0 Å². The third kappa shape index (κ3) is 4.00. The molecule has 0 aliphatic heterocycles. The Bertz CT molecular complexity index is 383. The summed E-state index contributed by atoms with van der Waals surface area (Å²) in [5.74, 6) is 0.669. The van der Waals surface area contributed by atoms with Crippen molar-refractivity contribution in [3.8, 4) is 5.75 Å². The fourth-order valence-corrected chi connectivity index (χ4v) is 2.12. The van der Waals surface area contributed by atoms with Gasteiger partial charge in [0.2, 0.25) is 0 Å². The SMILES string of the molecule is CC(C)CCCC(C)(O)c1ccc(CO)cc1O. The fraction of sp³-hybridized carbons (Fsp3) is 0.600. The minimum atomic E-state index is -1.02. The van der Waals surface area contributed by atoms with Crippen LogP contribution in [-0.2, 0) is 12.2 Å². The molecule has 3 nitrogen and oxygen atoms in total. The fourth-order valence-electron chi connectivity index (χ4n) is 2.12. The van der Waals surface area contributed by atoms with Crippen LogP contribution in [0.15, 0.2) is 18.2 Å². The molecule has 0 aromatic heterocycles. The van der Waals surface area contributed by atoms with E-state index in [1.807, 2.05) is 0 Å². The van der Waals surface area contributed by atoms with Gasteiger partial charge in [0.05, 0.1) is 12.2 Å². The van der Waals surface area contributed by atoms with Crippen molar-refractivity contribution in [2.75, 3.05) is 0 Å². The van der Waals surface area contributed by atoms with Crippen LogP contribution < -0.4 is 0 Å². The van der Waals surface area contributed by atoms with Gasteiger partial charge in [0.15, 0.2) is 0 Å². The Labute approximate surface area is 109 Å². The first kappa shape index (κ1) is 15.0. The van der Waals surface area contributed by atoms with Gasteiger partial charge in [-0.25, -0.2) is 0 Å². The van der Waals surface area contributed by atoms with Crippen LogP contribution in [0.3, 0.4) is 0 Å². The van der Waals surface area contributed by atoms with Crippen LogP contribution in [0.1, 0.15) is 51.2 Å². The molecule has 1 aromatic rings. The lowest BCUT2D eigenvalue weighted by molar-refractivity contribution is 0.0417. The molecule has 0 aliphatic carbocycles. The maximum atomic E-state index is 10.4. The molecule has 0 saturated carbocycles. The van der Waals surface area contributed by atoms with Crippen molar-refractivity contribution < 1.29 is 15.3 Å². The molecule has 3 heteroatoms. The molecular formula is C15H24O3. The van der Waals surface area contributed by atoms with Gasteiger partial charge >= 0.3 is 0 Å². The number of phenols is 1. The van der Waals surface area contributed by atoms with Gasteiger partial charge in [-0.15, -0.1) is 0 Å². The smallest absolute Gasteiger partial charge is 0.122 e. The van der Waals surface area contributed by atoms with Crippen LogP contribution in [0.4, 0.5) is 0 Å². The molecule has 0 heterocycles. The number of phenolic OH excluding ortho intramolecular Hbond substituents is 1. The Morgan fingerprint density at radius 3 is 2.44 bits per heavy atom. The summed E-state index contributed by atoms with van der Waals surface area (Å²) in [6.45, 7) is 5.93. The highest BCUT2D eigenvalue weighted by molar-refractivity contribution is 5.39. The molecule has 0 aliphatic rings. The average molecular weight is 252 g/mol. The van der Waals surface area contributed by atoms with E-state index in [1.54, 1.807) is 19.1 Å². The zero-order chi connectivity index (χ0) is 13.8. The van der Waals surface area contributed by atoms with Crippen LogP contribution in [0.2, 0.25) is 0 Å². The number of rotatable bonds is 6. The molecule has 18 heavy (non-hydrogen) atoms. The van der Waals surface area contributed by atoms with E-state index in [1.165, 1.54) is 6.07 Å². The number of aliphatic hydroxyl groups is 2. The standard InChI is InChI=1S/C15H24O3/c1-11(2)5-4-8-15(3,18)13-7-6-12(10-16)9-14(13)17/h6-7,9,11,16-18H,4-5,8,10H2,1-3H3. The molecule has 0 bridgehead atoms. The van der Waals surface area contributed by atoms with Gasteiger partial charge < -0.3 is 15.3 Å². The summed E-state index contributed by atoms with van der Waals surface area (Å²) in [5, 5.41) is 29.3. The topological polar surface area (TPSA) is 60.7 Å². The van der Waals surface area contributed by atoms with Crippen LogP contribution in [0.25, 0.3) is 0 Å². The van der Waals surface area contributed by atoms with E-state index in [4.69, 9.17) is 5.11 Å². The van der Waals surface area contributed by atoms with E-state index in [2.05, 4.69) is 13.8 Å². The molecule has 102 valence electrons. The van der Waals surface area contributed by atoms with Gasteiger partial charge in [-0.05, 0) is 37.3 Å². The second-order valence-electron chi connectivity index (χ2n) is 5.57. The van der Waals surface area contributed by atoms with Crippen LogP contribution in [0.5, 0.6) is 5.75 Å². The first-order valence-electron chi connectivity index (χ1n) is 6.52. The summed E-state index contributed by atoms with van der Waals surface area (Å²) in [6.07, 6.45) is 2.61. The molecule has 0 fully saturated rings. The van der Waals surface area contributed by atoms with E-state index in [-0.39, 0.29) is 12.4 Å². The zero-order valence-corrected chi connectivity index (χ0v) is 11.5. The Morgan fingerprint density at radius 1 is 1.28 bits per heavy atom. The highest BCUT2D eigenvalue weighted by Crippen LogP contribution is 2.34. The molecular weight excluding hydrogens is 228 g/mol. The Kier molecular flexibility index (Phi) is 5.17. The maximum Gasteiger partial charge on any atom is 0.122 e. The van der Waals surface area contributed by atoms with Gasteiger partial charge in [0, 0.05) is 5.56 Å². The van der Waals surface area contributed by atoms with Crippen molar-refractivity contribution >= 4 is 0 Å². The van der Waals surface area contributed by atoms with Crippen LogP contribution in [0, 0.1) is 5.92 Å². The second kappa shape index (κ2) is 6.21. The predicted octanol–water partition coefficient (Wildman–Crippen LogP) is 2.92. The summed E-state index contributed by atoms with van der Waals surface area (Å²) in [4.78, 5) is 0. The van der Waals surface area contributed by atoms with Crippen molar-refractivity contribution in [1.29, 1.82) is 0 Å². The van der Waals surface area contributed by atoms with E-state index in [0.29, 0.717) is 23.5 Å². The molecule has 0 amide bonds. The average Bonchev–Trinajstić information content (AvgIpc) is 2.27. The Balaban J connectivity index is 2.77. The lowest BCUT2D eigenvalue weighted by Crippen LogP contribution is -2.21. The van der Waals surface area contributed by atoms with Crippen molar-refractivity contribution in [2.45, 2.75) is 52.2 Å². The number of benzene rings is 1. The maximum absolute atomic E-state index is 10.4.